The molecule has 3 heteroatoms. The predicted octanol–water partition coefficient (Wildman–Crippen LogP) is 2.49. The van der Waals surface area contributed by atoms with Crippen molar-refractivity contribution in [1.82, 2.24) is 5.32 Å². The minimum atomic E-state index is 0.440. The summed E-state index contributed by atoms with van der Waals surface area (Å²) in [7, 11) is 0. The summed E-state index contributed by atoms with van der Waals surface area (Å²) in [5, 5.41) is 12.1. The highest BCUT2D eigenvalue weighted by molar-refractivity contribution is 5.42. The van der Waals surface area contributed by atoms with Crippen molar-refractivity contribution in [3.63, 3.8) is 0 Å². The Morgan fingerprint density at radius 3 is 2.94 bits per heavy atom. The van der Waals surface area contributed by atoms with E-state index in [1.807, 2.05) is 12.1 Å². The van der Waals surface area contributed by atoms with Crippen LogP contribution in [0.15, 0.2) is 36.4 Å². The van der Waals surface area contributed by atoms with Gasteiger partial charge in [-0.2, -0.15) is 5.26 Å². The number of nitriles is 1. The van der Waals surface area contributed by atoms with Gasteiger partial charge in [-0.1, -0.05) is 25.6 Å². The molecule has 0 radical (unpaired) electrons. The van der Waals surface area contributed by atoms with Crippen LogP contribution in [-0.4, -0.2) is 19.7 Å². The first-order valence-corrected chi connectivity index (χ1v) is 5.77. The van der Waals surface area contributed by atoms with E-state index in [9.17, 15) is 0 Å². The van der Waals surface area contributed by atoms with Gasteiger partial charge in [0, 0.05) is 6.54 Å². The van der Waals surface area contributed by atoms with Crippen LogP contribution in [0.1, 0.15) is 18.9 Å². The van der Waals surface area contributed by atoms with Crippen LogP contribution >= 0.6 is 0 Å². The summed E-state index contributed by atoms with van der Waals surface area (Å²) in [6.07, 6.45) is 1.10. The van der Waals surface area contributed by atoms with Crippen molar-refractivity contribution >= 4 is 0 Å². The molecule has 0 bridgehead atoms. The molecule has 0 spiro atoms. The van der Waals surface area contributed by atoms with Crippen LogP contribution in [0, 0.1) is 11.3 Å². The number of hydrogen-bond acceptors (Lipinski definition) is 3. The van der Waals surface area contributed by atoms with Crippen molar-refractivity contribution in [3.8, 4) is 11.8 Å². The van der Waals surface area contributed by atoms with Crippen LogP contribution in [-0.2, 0) is 0 Å². The van der Waals surface area contributed by atoms with Crippen LogP contribution in [0.3, 0.4) is 0 Å². The third-order valence-corrected chi connectivity index (χ3v) is 2.24. The van der Waals surface area contributed by atoms with Crippen molar-refractivity contribution in [2.45, 2.75) is 13.3 Å². The molecule has 0 unspecified atom stereocenters. The summed E-state index contributed by atoms with van der Waals surface area (Å²) in [5.41, 5.74) is 1.54. The predicted molar refractivity (Wildman–Crippen MR) is 69.0 cm³/mol. The third-order valence-electron chi connectivity index (χ3n) is 2.24. The second-order valence-corrected chi connectivity index (χ2v) is 3.82. The summed E-state index contributed by atoms with van der Waals surface area (Å²) >= 11 is 0. The van der Waals surface area contributed by atoms with E-state index >= 15 is 0 Å². The average Bonchev–Trinajstić information content (AvgIpc) is 2.37. The monoisotopic (exact) mass is 230 g/mol. The highest BCUT2D eigenvalue weighted by Crippen LogP contribution is 2.16. The molecule has 0 saturated heterocycles. The fraction of sp³-hybridized carbons (Fsp3) is 0.357. The molecule has 3 nitrogen and oxygen atoms in total. The van der Waals surface area contributed by atoms with Gasteiger partial charge in [0.1, 0.15) is 18.4 Å². The van der Waals surface area contributed by atoms with Gasteiger partial charge in [0.2, 0.25) is 0 Å². The summed E-state index contributed by atoms with van der Waals surface area (Å²) in [4.78, 5) is 0. The molecule has 0 fully saturated rings. The van der Waals surface area contributed by atoms with Gasteiger partial charge in [0.05, 0.1) is 5.56 Å². The normalized spacial score (nSPS) is 9.65. The molecule has 0 aliphatic heterocycles. The maximum atomic E-state index is 8.89. The highest BCUT2D eigenvalue weighted by Gasteiger charge is 2.02. The van der Waals surface area contributed by atoms with Gasteiger partial charge in [-0.15, -0.1) is 0 Å². The maximum Gasteiger partial charge on any atom is 0.137 e. The van der Waals surface area contributed by atoms with Crippen LogP contribution < -0.4 is 10.1 Å². The molecule has 1 aromatic rings. The van der Waals surface area contributed by atoms with E-state index in [4.69, 9.17) is 10.00 Å². The van der Waals surface area contributed by atoms with E-state index in [-0.39, 0.29) is 0 Å². The number of nitrogens with zero attached hydrogens (tertiary/aromatic N) is 1. The highest BCUT2D eigenvalue weighted by atomic mass is 16.5. The molecule has 0 atom stereocenters. The van der Waals surface area contributed by atoms with Gasteiger partial charge in [-0.3, -0.25) is 0 Å². The van der Waals surface area contributed by atoms with Gasteiger partial charge in [0.15, 0.2) is 0 Å². The molecule has 17 heavy (non-hydrogen) atoms. The molecule has 1 aromatic carbocycles. The number of ether oxygens (including phenoxy) is 1. The average molecular weight is 230 g/mol. The zero-order valence-corrected chi connectivity index (χ0v) is 10.2. The molecule has 1 N–H and O–H groups in total. The number of benzene rings is 1. The van der Waals surface area contributed by atoms with Crippen molar-refractivity contribution in [1.29, 1.82) is 5.26 Å². The summed E-state index contributed by atoms with van der Waals surface area (Å²) < 4.78 is 5.56. The number of rotatable bonds is 7. The first kappa shape index (κ1) is 13.3. The lowest BCUT2D eigenvalue weighted by Gasteiger charge is -2.10. The van der Waals surface area contributed by atoms with Gasteiger partial charge in [-0.05, 0) is 30.7 Å². The molecule has 90 valence electrons. The van der Waals surface area contributed by atoms with E-state index in [1.165, 1.54) is 0 Å². The molecule has 0 amide bonds. The zero-order chi connectivity index (χ0) is 12.5. The second kappa shape index (κ2) is 7.48. The van der Waals surface area contributed by atoms with E-state index in [2.05, 4.69) is 24.9 Å². The SMILES string of the molecule is C=C(CNCCC)COc1ccccc1C#N. The number of para-hydroxylation sites is 1. The molecule has 1 rings (SSSR count). The molecular weight excluding hydrogens is 212 g/mol. The van der Waals surface area contributed by atoms with Crippen molar-refractivity contribution in [3.05, 3.63) is 42.0 Å². The standard InChI is InChI=1S/C14H18N2O/c1-3-8-16-10-12(2)11-17-14-7-5-4-6-13(14)9-15/h4-7,16H,2-3,8,10-11H2,1H3. The van der Waals surface area contributed by atoms with E-state index in [0.29, 0.717) is 17.9 Å². The molecule has 0 aromatic heterocycles. The molecule has 0 heterocycles. The van der Waals surface area contributed by atoms with Crippen molar-refractivity contribution < 1.29 is 4.74 Å². The minimum absolute atomic E-state index is 0.440. The Hall–Kier alpha value is -1.79. The fourth-order valence-electron chi connectivity index (χ4n) is 1.36. The van der Waals surface area contributed by atoms with Gasteiger partial charge >= 0.3 is 0 Å². The number of nitrogens with one attached hydrogen (secondary N) is 1. The quantitative estimate of drug-likeness (QED) is 0.578. The van der Waals surface area contributed by atoms with Crippen LogP contribution in [0.4, 0.5) is 0 Å². The van der Waals surface area contributed by atoms with Crippen LogP contribution in [0.2, 0.25) is 0 Å². The van der Waals surface area contributed by atoms with E-state index in [0.717, 1.165) is 25.1 Å². The second-order valence-electron chi connectivity index (χ2n) is 3.82. The largest absolute Gasteiger partial charge is 0.488 e. The maximum absolute atomic E-state index is 8.89. The Kier molecular flexibility index (Phi) is 5.84. The molecule has 0 aliphatic carbocycles. The summed E-state index contributed by atoms with van der Waals surface area (Å²) in [6, 6.07) is 9.32. The lowest BCUT2D eigenvalue weighted by Crippen LogP contribution is -2.20. The first-order valence-electron chi connectivity index (χ1n) is 5.77. The van der Waals surface area contributed by atoms with Gasteiger partial charge in [0.25, 0.3) is 0 Å². The van der Waals surface area contributed by atoms with Crippen LogP contribution in [0.5, 0.6) is 5.75 Å². The van der Waals surface area contributed by atoms with Gasteiger partial charge in [-0.25, -0.2) is 0 Å². The Morgan fingerprint density at radius 2 is 2.24 bits per heavy atom. The Labute approximate surface area is 103 Å². The van der Waals surface area contributed by atoms with Gasteiger partial charge < -0.3 is 10.1 Å². The minimum Gasteiger partial charge on any atom is -0.488 e. The lowest BCUT2D eigenvalue weighted by atomic mass is 10.2. The van der Waals surface area contributed by atoms with Crippen LogP contribution in [0.25, 0.3) is 0 Å². The smallest absolute Gasteiger partial charge is 0.137 e. The third kappa shape index (κ3) is 4.71. The number of hydrogen-bond donors (Lipinski definition) is 1. The fourth-order valence-corrected chi connectivity index (χ4v) is 1.36. The summed E-state index contributed by atoms with van der Waals surface area (Å²) in [6.45, 7) is 8.22. The first-order chi connectivity index (χ1) is 8.27. The van der Waals surface area contributed by atoms with Crippen molar-refractivity contribution in [2.24, 2.45) is 0 Å². The summed E-state index contributed by atoms with van der Waals surface area (Å²) in [5.74, 6) is 0.617. The Morgan fingerprint density at radius 1 is 1.47 bits per heavy atom. The molecule has 0 saturated carbocycles. The molecular formula is C14H18N2O. The Balaban J connectivity index is 2.40. The molecule has 0 aliphatic rings. The van der Waals surface area contributed by atoms with Crippen molar-refractivity contribution in [2.75, 3.05) is 19.7 Å². The Bertz CT molecular complexity index is 407. The van der Waals surface area contributed by atoms with E-state index < -0.39 is 0 Å². The topological polar surface area (TPSA) is 45.0 Å². The lowest BCUT2D eigenvalue weighted by molar-refractivity contribution is 0.347. The zero-order valence-electron chi connectivity index (χ0n) is 10.2. The van der Waals surface area contributed by atoms with E-state index in [1.54, 1.807) is 12.1 Å².